The van der Waals surface area contributed by atoms with Gasteiger partial charge in [-0.25, -0.2) is 0 Å². The number of aliphatic hydroxyl groups is 1. The number of carbonyl (C=O) groups is 2. The summed E-state index contributed by atoms with van der Waals surface area (Å²) >= 11 is 0.968. The first-order chi connectivity index (χ1) is 9.53. The van der Waals surface area contributed by atoms with Crippen LogP contribution in [0.5, 0.6) is 0 Å². The quantitative estimate of drug-likeness (QED) is 0.641. The van der Waals surface area contributed by atoms with Gasteiger partial charge in [0.2, 0.25) is 5.91 Å². The van der Waals surface area contributed by atoms with Crippen LogP contribution in [0.1, 0.15) is 19.7 Å². The summed E-state index contributed by atoms with van der Waals surface area (Å²) in [5.74, 6) is -1.03. The van der Waals surface area contributed by atoms with Gasteiger partial charge in [0.05, 0.1) is 5.75 Å². The second kappa shape index (κ2) is 7.85. The van der Waals surface area contributed by atoms with Gasteiger partial charge >= 0.3 is 5.97 Å². The fourth-order valence-corrected chi connectivity index (χ4v) is 2.32. The largest absolute Gasteiger partial charge is 0.481 e. The average molecular weight is 302 g/mol. The van der Waals surface area contributed by atoms with Crippen LogP contribution in [-0.2, 0) is 22.7 Å². The number of hydrogen-bond donors (Lipinski definition) is 2. The Hall–Kier alpha value is -1.61. The average Bonchev–Trinajstić information content (AvgIpc) is 2.80. The van der Waals surface area contributed by atoms with Crippen LogP contribution in [0.4, 0.5) is 0 Å². The van der Waals surface area contributed by atoms with E-state index in [1.54, 1.807) is 4.90 Å². The maximum absolute atomic E-state index is 12.1. The van der Waals surface area contributed by atoms with Gasteiger partial charge in [0.1, 0.15) is 13.2 Å². The number of aliphatic carboxylic acids is 1. The van der Waals surface area contributed by atoms with Gasteiger partial charge in [0, 0.05) is 13.1 Å². The zero-order valence-electron chi connectivity index (χ0n) is 11.4. The number of hydrogen-bond acceptors (Lipinski definition) is 6. The summed E-state index contributed by atoms with van der Waals surface area (Å²) < 4.78 is 1.45. The number of amides is 1. The number of aliphatic hydroxyl groups excluding tert-OH is 1. The second-order valence-electron chi connectivity index (χ2n) is 3.89. The number of carboxylic acid groups (broad SMARTS) is 1. The Balaban J connectivity index is 2.88. The van der Waals surface area contributed by atoms with Gasteiger partial charge in [0.25, 0.3) is 0 Å². The van der Waals surface area contributed by atoms with Crippen LogP contribution in [0.3, 0.4) is 0 Å². The molecule has 0 aliphatic carbocycles. The van der Waals surface area contributed by atoms with Gasteiger partial charge in [-0.3, -0.25) is 14.2 Å². The van der Waals surface area contributed by atoms with Crippen LogP contribution in [0.25, 0.3) is 0 Å². The Bertz CT molecular complexity index is 473. The van der Waals surface area contributed by atoms with E-state index >= 15 is 0 Å². The van der Waals surface area contributed by atoms with Crippen molar-refractivity contribution in [2.45, 2.75) is 32.2 Å². The van der Waals surface area contributed by atoms with E-state index in [0.717, 1.165) is 11.8 Å². The van der Waals surface area contributed by atoms with E-state index in [4.69, 9.17) is 5.11 Å². The molecule has 0 unspecified atom stereocenters. The Labute approximate surface area is 120 Å². The molecular weight excluding hydrogens is 284 g/mol. The molecule has 2 N–H and O–H groups in total. The Morgan fingerprint density at radius 1 is 1.30 bits per heavy atom. The topological polar surface area (TPSA) is 109 Å². The minimum Gasteiger partial charge on any atom is -0.481 e. The molecule has 1 rings (SSSR count). The van der Waals surface area contributed by atoms with Crippen LogP contribution in [-0.4, -0.2) is 60.6 Å². The van der Waals surface area contributed by atoms with Crippen molar-refractivity contribution in [3.05, 3.63) is 5.82 Å². The highest BCUT2D eigenvalue weighted by Gasteiger charge is 2.18. The number of likely N-dealkylation sites (N-methyl/N-ethyl adjacent to an activating group) is 1. The first-order valence-electron chi connectivity index (χ1n) is 6.18. The Kier molecular flexibility index (Phi) is 6.46. The zero-order valence-corrected chi connectivity index (χ0v) is 12.3. The van der Waals surface area contributed by atoms with E-state index in [0.29, 0.717) is 18.2 Å². The van der Waals surface area contributed by atoms with Gasteiger partial charge in [-0.05, 0) is 13.8 Å². The molecule has 0 atom stereocenters. The third-order valence-corrected chi connectivity index (χ3v) is 3.62. The number of rotatable bonds is 8. The van der Waals surface area contributed by atoms with Crippen LogP contribution in [0.15, 0.2) is 5.16 Å². The third kappa shape index (κ3) is 4.20. The van der Waals surface area contributed by atoms with Gasteiger partial charge in [-0.1, -0.05) is 11.8 Å². The molecule has 0 aliphatic rings. The van der Waals surface area contributed by atoms with Crippen molar-refractivity contribution < 1.29 is 19.8 Å². The summed E-state index contributed by atoms with van der Waals surface area (Å²) in [4.78, 5) is 24.3. The monoisotopic (exact) mass is 302 g/mol. The van der Waals surface area contributed by atoms with Gasteiger partial charge in [0.15, 0.2) is 11.0 Å². The summed E-state index contributed by atoms with van der Waals surface area (Å²) in [6.07, 6.45) is 0. The molecule has 112 valence electrons. The molecule has 0 aromatic carbocycles. The summed E-state index contributed by atoms with van der Waals surface area (Å²) in [5, 5.41) is 25.8. The van der Waals surface area contributed by atoms with Crippen molar-refractivity contribution in [2.75, 3.05) is 18.8 Å². The molecule has 0 aliphatic heterocycles. The predicted octanol–water partition coefficient (Wildman–Crippen LogP) is -0.185. The molecule has 1 amide bonds. The molecule has 1 aromatic rings. The van der Waals surface area contributed by atoms with Crippen molar-refractivity contribution in [2.24, 2.45) is 0 Å². The van der Waals surface area contributed by atoms with E-state index in [9.17, 15) is 14.7 Å². The highest BCUT2D eigenvalue weighted by molar-refractivity contribution is 7.99. The lowest BCUT2D eigenvalue weighted by molar-refractivity contribution is -0.134. The first-order valence-corrected chi connectivity index (χ1v) is 7.17. The zero-order chi connectivity index (χ0) is 15.1. The predicted molar refractivity (Wildman–Crippen MR) is 72.2 cm³/mol. The van der Waals surface area contributed by atoms with Crippen molar-refractivity contribution in [1.82, 2.24) is 19.7 Å². The van der Waals surface area contributed by atoms with Gasteiger partial charge in [-0.2, -0.15) is 0 Å². The number of thioether (sulfide) groups is 1. The highest BCUT2D eigenvalue weighted by atomic mass is 32.2. The van der Waals surface area contributed by atoms with Crippen LogP contribution < -0.4 is 0 Å². The van der Waals surface area contributed by atoms with Crippen molar-refractivity contribution in [3.63, 3.8) is 0 Å². The minimum atomic E-state index is -0.981. The van der Waals surface area contributed by atoms with Crippen molar-refractivity contribution in [3.8, 4) is 0 Å². The van der Waals surface area contributed by atoms with E-state index in [-0.39, 0.29) is 30.6 Å². The van der Waals surface area contributed by atoms with E-state index in [2.05, 4.69) is 10.2 Å². The lowest BCUT2D eigenvalue weighted by Gasteiger charge is -2.19. The number of carbonyl (C=O) groups excluding carboxylic acids is 1. The van der Waals surface area contributed by atoms with Gasteiger partial charge in [-0.15, -0.1) is 10.2 Å². The SMILES string of the molecule is CCN(CC)C(=O)Cn1c(CO)nnc1SCC(=O)O. The minimum absolute atomic E-state index is 0.00741. The summed E-state index contributed by atoms with van der Waals surface area (Å²) in [5.41, 5.74) is 0. The highest BCUT2D eigenvalue weighted by Crippen LogP contribution is 2.17. The lowest BCUT2D eigenvalue weighted by Crippen LogP contribution is -2.34. The second-order valence-corrected chi connectivity index (χ2v) is 4.83. The first kappa shape index (κ1) is 16.4. The molecule has 0 radical (unpaired) electrons. The number of aromatic nitrogens is 3. The summed E-state index contributed by atoms with van der Waals surface area (Å²) in [7, 11) is 0. The molecule has 0 bridgehead atoms. The Morgan fingerprint density at radius 2 is 1.95 bits per heavy atom. The van der Waals surface area contributed by atoms with Crippen molar-refractivity contribution in [1.29, 1.82) is 0 Å². The fraction of sp³-hybridized carbons (Fsp3) is 0.636. The van der Waals surface area contributed by atoms with Crippen molar-refractivity contribution >= 4 is 23.6 Å². The van der Waals surface area contributed by atoms with E-state index in [1.807, 2.05) is 13.8 Å². The molecule has 20 heavy (non-hydrogen) atoms. The number of carboxylic acids is 1. The Morgan fingerprint density at radius 3 is 2.45 bits per heavy atom. The molecule has 0 fully saturated rings. The van der Waals surface area contributed by atoms with Gasteiger partial charge < -0.3 is 15.1 Å². The van der Waals surface area contributed by atoms with Crippen LogP contribution >= 0.6 is 11.8 Å². The lowest BCUT2D eigenvalue weighted by atomic mass is 10.4. The van der Waals surface area contributed by atoms with Crippen LogP contribution in [0.2, 0.25) is 0 Å². The maximum Gasteiger partial charge on any atom is 0.313 e. The maximum atomic E-state index is 12.1. The fourth-order valence-electron chi connectivity index (χ4n) is 1.64. The molecule has 8 nitrogen and oxygen atoms in total. The molecular formula is C11H18N4O4S. The summed E-state index contributed by atoms with van der Waals surface area (Å²) in [6.45, 7) is 4.56. The molecule has 1 aromatic heterocycles. The molecule has 0 saturated heterocycles. The van der Waals surface area contributed by atoms with Crippen LogP contribution in [0, 0.1) is 0 Å². The standard InChI is InChI=1S/C11H18N4O4S/c1-3-14(4-2)9(17)5-15-8(6-16)12-13-11(15)20-7-10(18)19/h16H,3-7H2,1-2H3,(H,18,19). The number of nitrogens with zero attached hydrogens (tertiary/aromatic N) is 4. The normalized spacial score (nSPS) is 10.6. The molecule has 9 heteroatoms. The third-order valence-electron chi connectivity index (χ3n) is 2.67. The molecule has 1 heterocycles. The molecule has 0 saturated carbocycles. The van der Waals surface area contributed by atoms with E-state index in [1.165, 1.54) is 4.57 Å². The van der Waals surface area contributed by atoms with E-state index < -0.39 is 5.97 Å². The molecule has 0 spiro atoms. The summed E-state index contributed by atoms with van der Waals surface area (Å²) in [6, 6.07) is 0. The smallest absolute Gasteiger partial charge is 0.313 e.